The normalized spacial score (nSPS) is 28.5. The quantitative estimate of drug-likeness (QED) is 0.513. The Morgan fingerprint density at radius 2 is 2.32 bits per heavy atom. The molecule has 0 aromatic carbocycles. The summed E-state index contributed by atoms with van der Waals surface area (Å²) < 4.78 is 6.54. The lowest BCUT2D eigenvalue weighted by Crippen LogP contribution is -2.35. The second kappa shape index (κ2) is 5.25. The monoisotopic (exact) mass is 271 g/mol. The maximum Gasteiger partial charge on any atom is 0.330 e. The average Bonchev–Trinajstić information content (AvgIpc) is 2.69. The van der Waals surface area contributed by atoms with Gasteiger partial charge in [-0.2, -0.15) is 0 Å². The Balaban J connectivity index is 2.38. The van der Waals surface area contributed by atoms with Crippen molar-refractivity contribution in [2.75, 3.05) is 6.61 Å². The van der Waals surface area contributed by atoms with Gasteiger partial charge >= 0.3 is 5.69 Å². The van der Waals surface area contributed by atoms with E-state index in [9.17, 15) is 14.7 Å². The third-order valence-corrected chi connectivity index (χ3v) is 3.18. The first-order chi connectivity index (χ1) is 8.93. The fraction of sp³-hybridized carbons (Fsp3) is 0.636. The van der Waals surface area contributed by atoms with Gasteiger partial charge in [-0.25, -0.2) is 4.79 Å². The fourth-order valence-corrected chi connectivity index (χ4v) is 2.09. The number of nitrogens with one attached hydrogen (secondary N) is 1. The number of nitrogens with two attached hydrogens (primary N) is 1. The number of aromatic amines is 1. The second-order valence-corrected chi connectivity index (χ2v) is 4.65. The second-order valence-electron chi connectivity index (χ2n) is 4.65. The van der Waals surface area contributed by atoms with Gasteiger partial charge in [0.05, 0.1) is 18.3 Å². The maximum absolute atomic E-state index is 11.7. The van der Waals surface area contributed by atoms with Crippen LogP contribution in [0.15, 0.2) is 15.8 Å². The summed E-state index contributed by atoms with van der Waals surface area (Å²) in [5.74, 6) is 0. The Morgan fingerprint density at radius 1 is 1.63 bits per heavy atom. The maximum atomic E-state index is 11.7. The zero-order valence-corrected chi connectivity index (χ0v) is 10.4. The molecular weight excluding hydrogens is 254 g/mol. The number of aliphatic hydroxyl groups excluding tert-OH is 2. The lowest BCUT2D eigenvalue weighted by molar-refractivity contribution is -0.0460. The summed E-state index contributed by atoms with van der Waals surface area (Å²) in [6.45, 7) is 1.29. The van der Waals surface area contributed by atoms with Gasteiger partial charge in [-0.15, -0.1) is 0 Å². The molecule has 1 saturated heterocycles. The van der Waals surface area contributed by atoms with Crippen molar-refractivity contribution < 1.29 is 14.9 Å². The molecule has 4 atom stereocenters. The zero-order chi connectivity index (χ0) is 14.2. The molecule has 19 heavy (non-hydrogen) atoms. The van der Waals surface area contributed by atoms with Crippen LogP contribution in [0.5, 0.6) is 0 Å². The summed E-state index contributed by atoms with van der Waals surface area (Å²) in [6, 6.07) is -0.532. The molecule has 0 radical (unpaired) electrons. The Labute approximate surface area is 108 Å². The third-order valence-electron chi connectivity index (χ3n) is 3.18. The largest absolute Gasteiger partial charge is 0.394 e. The van der Waals surface area contributed by atoms with E-state index in [1.165, 1.54) is 10.8 Å². The van der Waals surface area contributed by atoms with Crippen molar-refractivity contribution in [3.05, 3.63) is 32.6 Å². The molecule has 0 aliphatic carbocycles. The van der Waals surface area contributed by atoms with Gasteiger partial charge in [0.25, 0.3) is 5.56 Å². The van der Waals surface area contributed by atoms with E-state index in [2.05, 4.69) is 4.98 Å². The number of aliphatic hydroxyl groups is 2. The zero-order valence-electron chi connectivity index (χ0n) is 10.4. The standard InChI is InChI=1S/C11H17N3O5/c1-5(12)6-3-14(11(18)13-10(6)17)9-2-7(16)8(4-15)19-9/h3,5,7-9,15-16H,2,4,12H2,1H3,(H,13,17,18)/t5?,7-,8+,9+/m0/s1. The average molecular weight is 271 g/mol. The highest BCUT2D eigenvalue weighted by atomic mass is 16.5. The Bertz CT molecular complexity index is 564. The molecular formula is C11H17N3O5. The molecule has 0 spiro atoms. The molecule has 1 aliphatic rings. The first kappa shape index (κ1) is 13.9. The minimum Gasteiger partial charge on any atom is -0.394 e. The molecule has 0 saturated carbocycles. The lowest BCUT2D eigenvalue weighted by atomic mass is 10.2. The molecule has 1 aliphatic heterocycles. The first-order valence-electron chi connectivity index (χ1n) is 5.99. The van der Waals surface area contributed by atoms with Gasteiger partial charge < -0.3 is 20.7 Å². The Morgan fingerprint density at radius 3 is 2.84 bits per heavy atom. The molecule has 0 amide bonds. The summed E-state index contributed by atoms with van der Waals surface area (Å²) >= 11 is 0. The summed E-state index contributed by atoms with van der Waals surface area (Å²) in [5, 5.41) is 18.7. The van der Waals surface area contributed by atoms with Crippen LogP contribution in [0.3, 0.4) is 0 Å². The van der Waals surface area contributed by atoms with Crippen molar-refractivity contribution in [2.24, 2.45) is 5.73 Å². The molecule has 106 valence electrons. The predicted octanol–water partition coefficient (Wildman–Crippen LogP) is -1.80. The van der Waals surface area contributed by atoms with E-state index >= 15 is 0 Å². The summed E-state index contributed by atoms with van der Waals surface area (Å²) in [6.07, 6.45) is -0.817. The van der Waals surface area contributed by atoms with Crippen LogP contribution in [-0.2, 0) is 4.74 Å². The van der Waals surface area contributed by atoms with E-state index in [1.54, 1.807) is 6.92 Å². The van der Waals surface area contributed by atoms with Crippen molar-refractivity contribution >= 4 is 0 Å². The predicted molar refractivity (Wildman–Crippen MR) is 65.5 cm³/mol. The van der Waals surface area contributed by atoms with Crippen molar-refractivity contribution in [1.82, 2.24) is 9.55 Å². The van der Waals surface area contributed by atoms with Gasteiger partial charge in [0.2, 0.25) is 0 Å². The highest BCUT2D eigenvalue weighted by Crippen LogP contribution is 2.27. The van der Waals surface area contributed by atoms with Crippen LogP contribution in [0, 0.1) is 0 Å². The number of hydrogen-bond acceptors (Lipinski definition) is 6. The van der Waals surface area contributed by atoms with Crippen LogP contribution in [0.25, 0.3) is 0 Å². The number of ether oxygens (including phenoxy) is 1. The molecule has 2 heterocycles. The molecule has 0 bridgehead atoms. The molecule has 1 fully saturated rings. The minimum atomic E-state index is -0.854. The van der Waals surface area contributed by atoms with Crippen molar-refractivity contribution in [1.29, 1.82) is 0 Å². The Hall–Kier alpha value is -1.48. The van der Waals surface area contributed by atoms with Gasteiger partial charge in [0.15, 0.2) is 0 Å². The number of nitrogens with zero attached hydrogens (tertiary/aromatic N) is 1. The number of aromatic nitrogens is 2. The molecule has 2 rings (SSSR count). The van der Waals surface area contributed by atoms with Crippen molar-refractivity contribution in [3.8, 4) is 0 Å². The van der Waals surface area contributed by atoms with E-state index in [-0.39, 0.29) is 18.6 Å². The SMILES string of the molecule is CC(N)c1cn([C@H]2C[C@H](O)[C@@H](CO)O2)c(=O)[nH]c1=O. The Kier molecular flexibility index (Phi) is 3.85. The van der Waals surface area contributed by atoms with Crippen LogP contribution in [-0.4, -0.2) is 38.6 Å². The van der Waals surface area contributed by atoms with Crippen LogP contribution in [0.2, 0.25) is 0 Å². The molecule has 5 N–H and O–H groups in total. The summed E-state index contributed by atoms with van der Waals surface area (Å²) in [5.41, 5.74) is 4.73. The molecule has 1 aromatic rings. The van der Waals surface area contributed by atoms with Gasteiger partial charge in [-0.3, -0.25) is 14.3 Å². The van der Waals surface area contributed by atoms with E-state index in [0.717, 1.165) is 0 Å². The number of hydrogen-bond donors (Lipinski definition) is 4. The van der Waals surface area contributed by atoms with Crippen LogP contribution in [0.1, 0.15) is 31.2 Å². The van der Waals surface area contributed by atoms with Crippen molar-refractivity contribution in [2.45, 2.75) is 37.8 Å². The number of H-pyrrole nitrogens is 1. The van der Waals surface area contributed by atoms with Crippen molar-refractivity contribution in [3.63, 3.8) is 0 Å². The van der Waals surface area contributed by atoms with Gasteiger partial charge in [0, 0.05) is 18.7 Å². The summed E-state index contributed by atoms with van der Waals surface area (Å²) in [4.78, 5) is 25.5. The van der Waals surface area contributed by atoms with Gasteiger partial charge in [-0.05, 0) is 6.92 Å². The van der Waals surface area contributed by atoms with E-state index < -0.39 is 35.7 Å². The molecule has 8 heteroatoms. The summed E-state index contributed by atoms with van der Waals surface area (Å²) in [7, 11) is 0. The smallest absolute Gasteiger partial charge is 0.330 e. The van der Waals surface area contributed by atoms with Crippen LogP contribution < -0.4 is 17.0 Å². The van der Waals surface area contributed by atoms with E-state index in [1.807, 2.05) is 0 Å². The topological polar surface area (TPSA) is 131 Å². The molecule has 1 unspecified atom stereocenters. The third kappa shape index (κ3) is 2.61. The van der Waals surface area contributed by atoms with Crippen LogP contribution >= 0.6 is 0 Å². The van der Waals surface area contributed by atoms with E-state index in [0.29, 0.717) is 0 Å². The van der Waals surface area contributed by atoms with Gasteiger partial charge in [-0.1, -0.05) is 0 Å². The fourth-order valence-electron chi connectivity index (χ4n) is 2.09. The number of rotatable bonds is 3. The minimum absolute atomic E-state index is 0.162. The first-order valence-corrected chi connectivity index (χ1v) is 5.99. The van der Waals surface area contributed by atoms with Gasteiger partial charge in [0.1, 0.15) is 12.3 Å². The molecule has 8 nitrogen and oxygen atoms in total. The van der Waals surface area contributed by atoms with Crippen LogP contribution in [0.4, 0.5) is 0 Å². The molecule has 1 aromatic heterocycles. The van der Waals surface area contributed by atoms with E-state index in [4.69, 9.17) is 15.6 Å². The highest BCUT2D eigenvalue weighted by molar-refractivity contribution is 5.09. The lowest BCUT2D eigenvalue weighted by Gasteiger charge is -2.16. The highest BCUT2D eigenvalue weighted by Gasteiger charge is 2.35.